The van der Waals surface area contributed by atoms with E-state index in [9.17, 15) is 0 Å². The van der Waals surface area contributed by atoms with Crippen LogP contribution < -0.4 is 0 Å². The molecule has 0 spiro atoms. The molecule has 11 rings (SSSR count). The highest BCUT2D eigenvalue weighted by Crippen LogP contribution is 2.44. The Morgan fingerprint density at radius 1 is 0.393 bits per heavy atom. The Labute approximate surface area is 322 Å². The third kappa shape index (κ3) is 5.29. The Kier molecular flexibility index (Phi) is 7.42. The van der Waals surface area contributed by atoms with E-state index in [4.69, 9.17) is 19.4 Å². The van der Waals surface area contributed by atoms with E-state index in [-0.39, 0.29) is 0 Å². The first kappa shape index (κ1) is 31.9. The quantitative estimate of drug-likeness (QED) is 0.172. The molecule has 0 saturated heterocycles. The van der Waals surface area contributed by atoms with Gasteiger partial charge in [-0.1, -0.05) is 146 Å². The van der Waals surface area contributed by atoms with Crippen molar-refractivity contribution >= 4 is 43.9 Å². The Balaban J connectivity index is 1.15. The van der Waals surface area contributed by atoms with E-state index in [1.807, 2.05) is 42.5 Å². The van der Waals surface area contributed by atoms with E-state index in [2.05, 4.69) is 156 Å². The molecule has 0 fully saturated rings. The van der Waals surface area contributed by atoms with Crippen molar-refractivity contribution in [1.82, 2.24) is 19.5 Å². The molecule has 0 radical (unpaired) electrons. The van der Waals surface area contributed by atoms with Crippen LogP contribution in [0.2, 0.25) is 0 Å². The zero-order chi connectivity index (χ0) is 37.0. The van der Waals surface area contributed by atoms with Crippen LogP contribution in [-0.4, -0.2) is 19.5 Å². The molecule has 0 N–H and O–H groups in total. The third-order valence-electron chi connectivity index (χ3n) is 10.6. The minimum atomic E-state index is 0.675. The molecule has 7 aromatic carbocycles. The second kappa shape index (κ2) is 13.0. The highest BCUT2D eigenvalue weighted by molar-refractivity contribution is 6.24. The Bertz CT molecular complexity index is 3240. The van der Waals surface area contributed by atoms with Gasteiger partial charge in [-0.2, -0.15) is 0 Å². The lowest BCUT2D eigenvalue weighted by atomic mass is 10.0. The fourth-order valence-corrected chi connectivity index (χ4v) is 7.97. The van der Waals surface area contributed by atoms with Crippen LogP contribution in [0.15, 0.2) is 199 Å². The normalized spacial score (nSPS) is 11.6. The topological polar surface area (TPSA) is 56.7 Å². The summed E-state index contributed by atoms with van der Waals surface area (Å²) in [7, 11) is 0. The van der Waals surface area contributed by atoms with Gasteiger partial charge in [0.2, 0.25) is 0 Å². The van der Waals surface area contributed by atoms with E-state index in [1.54, 1.807) is 0 Å². The SMILES string of the molecule is c1ccc(-c2cccc(-c3cc(-c4cccc(-n5c6ccccc6c6oc7c8ccccc8nc(-c8ccccc8)c7c65)c4)nc(-c4ccccc4)n3)c2)cc1. The molecule has 4 aromatic heterocycles. The van der Waals surface area contributed by atoms with E-state index in [0.29, 0.717) is 5.82 Å². The van der Waals surface area contributed by atoms with Gasteiger partial charge in [0.25, 0.3) is 0 Å². The van der Waals surface area contributed by atoms with Gasteiger partial charge < -0.3 is 8.98 Å². The fraction of sp³-hybridized carbons (Fsp3) is 0. The van der Waals surface area contributed by atoms with Gasteiger partial charge in [0.05, 0.1) is 33.5 Å². The zero-order valence-electron chi connectivity index (χ0n) is 30.2. The summed E-state index contributed by atoms with van der Waals surface area (Å²) in [6.07, 6.45) is 0. The average Bonchev–Trinajstić information content (AvgIpc) is 3.82. The maximum absolute atomic E-state index is 6.95. The lowest BCUT2D eigenvalue weighted by Gasteiger charge is -2.13. The zero-order valence-corrected chi connectivity index (χ0v) is 30.2. The number of rotatable bonds is 6. The first-order valence-corrected chi connectivity index (χ1v) is 18.8. The van der Waals surface area contributed by atoms with Crippen LogP contribution >= 0.6 is 0 Å². The maximum atomic E-state index is 6.95. The van der Waals surface area contributed by atoms with Crippen molar-refractivity contribution in [3.05, 3.63) is 194 Å². The van der Waals surface area contributed by atoms with Gasteiger partial charge in [-0.25, -0.2) is 15.0 Å². The van der Waals surface area contributed by atoms with Crippen LogP contribution in [0.5, 0.6) is 0 Å². The Morgan fingerprint density at radius 2 is 0.964 bits per heavy atom. The number of hydrogen-bond donors (Lipinski definition) is 0. The molecule has 0 aliphatic heterocycles. The lowest BCUT2D eigenvalue weighted by molar-refractivity contribution is 0.676. The lowest BCUT2D eigenvalue weighted by Crippen LogP contribution is -1.98. The number of fused-ring (bicyclic) bond motifs is 7. The first-order valence-electron chi connectivity index (χ1n) is 18.8. The molecule has 0 atom stereocenters. The first-order chi connectivity index (χ1) is 27.8. The number of furan rings is 1. The average molecular weight is 717 g/mol. The Hall–Kier alpha value is -7.63. The number of hydrogen-bond acceptors (Lipinski definition) is 4. The number of nitrogens with zero attached hydrogens (tertiary/aromatic N) is 4. The molecule has 0 amide bonds. The summed E-state index contributed by atoms with van der Waals surface area (Å²) < 4.78 is 9.27. The van der Waals surface area contributed by atoms with Crippen LogP contribution in [-0.2, 0) is 0 Å². The minimum absolute atomic E-state index is 0.675. The standard InChI is InChI=1S/C51H32N4O/c1-4-16-33(17-5-1)36-22-14-23-37(30-36)43-32-44(54-51(53-43)35-20-8-3-9-21-35)38-24-15-25-39(31-38)55-45-29-13-11-27-41(45)50-48(55)46-47(34-18-6-2-7-19-34)52-42-28-12-10-26-40(42)49(46)56-50/h1-32H. The predicted octanol–water partition coefficient (Wildman–Crippen LogP) is 13.2. The summed E-state index contributed by atoms with van der Waals surface area (Å²) in [5, 5.41) is 3.02. The summed E-state index contributed by atoms with van der Waals surface area (Å²) in [6.45, 7) is 0. The van der Waals surface area contributed by atoms with E-state index in [0.717, 1.165) is 100 Å². The summed E-state index contributed by atoms with van der Waals surface area (Å²) >= 11 is 0. The van der Waals surface area contributed by atoms with Gasteiger partial charge in [0.1, 0.15) is 11.1 Å². The van der Waals surface area contributed by atoms with Crippen molar-refractivity contribution in [1.29, 1.82) is 0 Å². The van der Waals surface area contributed by atoms with Crippen molar-refractivity contribution in [2.75, 3.05) is 0 Å². The number of benzene rings is 7. The summed E-state index contributed by atoms with van der Waals surface area (Å²) in [4.78, 5) is 15.6. The summed E-state index contributed by atoms with van der Waals surface area (Å²) in [5.74, 6) is 0.675. The smallest absolute Gasteiger partial charge is 0.161 e. The molecule has 262 valence electrons. The van der Waals surface area contributed by atoms with E-state index in [1.165, 1.54) is 0 Å². The second-order valence-electron chi connectivity index (χ2n) is 14.0. The van der Waals surface area contributed by atoms with Gasteiger partial charge in [-0.05, 0) is 59.7 Å². The van der Waals surface area contributed by atoms with Crippen molar-refractivity contribution in [3.8, 4) is 62.0 Å². The molecule has 4 heterocycles. The monoisotopic (exact) mass is 716 g/mol. The van der Waals surface area contributed by atoms with Crippen molar-refractivity contribution < 1.29 is 4.42 Å². The second-order valence-corrected chi connectivity index (χ2v) is 14.0. The van der Waals surface area contributed by atoms with E-state index >= 15 is 0 Å². The molecule has 0 aliphatic carbocycles. The molecule has 0 aliphatic rings. The van der Waals surface area contributed by atoms with Crippen LogP contribution in [0.4, 0.5) is 0 Å². The van der Waals surface area contributed by atoms with E-state index < -0.39 is 0 Å². The molecule has 0 saturated carbocycles. The van der Waals surface area contributed by atoms with Crippen LogP contribution in [0, 0.1) is 0 Å². The molecule has 0 unspecified atom stereocenters. The van der Waals surface area contributed by atoms with Gasteiger partial charge in [-0.15, -0.1) is 0 Å². The third-order valence-corrected chi connectivity index (χ3v) is 10.6. The number of para-hydroxylation sites is 2. The van der Waals surface area contributed by atoms with Crippen LogP contribution in [0.3, 0.4) is 0 Å². The molecule has 0 bridgehead atoms. The highest BCUT2D eigenvalue weighted by atomic mass is 16.3. The van der Waals surface area contributed by atoms with Crippen molar-refractivity contribution in [3.63, 3.8) is 0 Å². The number of aromatic nitrogens is 4. The van der Waals surface area contributed by atoms with Gasteiger partial charge >= 0.3 is 0 Å². The molecular weight excluding hydrogens is 685 g/mol. The number of pyridine rings is 1. The maximum Gasteiger partial charge on any atom is 0.161 e. The fourth-order valence-electron chi connectivity index (χ4n) is 7.97. The molecule has 56 heavy (non-hydrogen) atoms. The minimum Gasteiger partial charge on any atom is -0.453 e. The van der Waals surface area contributed by atoms with Crippen LogP contribution in [0.1, 0.15) is 0 Å². The van der Waals surface area contributed by atoms with Gasteiger partial charge in [-0.3, -0.25) is 0 Å². The Morgan fingerprint density at radius 3 is 1.71 bits per heavy atom. The molecular formula is C51H32N4O. The summed E-state index contributed by atoms with van der Waals surface area (Å²) in [6, 6.07) is 67.1. The van der Waals surface area contributed by atoms with Crippen molar-refractivity contribution in [2.45, 2.75) is 0 Å². The molecule has 11 aromatic rings. The van der Waals surface area contributed by atoms with Gasteiger partial charge in [0, 0.05) is 38.7 Å². The molecule has 5 nitrogen and oxygen atoms in total. The largest absolute Gasteiger partial charge is 0.453 e. The predicted molar refractivity (Wildman–Crippen MR) is 229 cm³/mol. The summed E-state index contributed by atoms with van der Waals surface area (Å²) in [5.41, 5.74) is 14.5. The van der Waals surface area contributed by atoms with Gasteiger partial charge in [0.15, 0.2) is 11.4 Å². The van der Waals surface area contributed by atoms with Crippen LogP contribution in [0.25, 0.3) is 106 Å². The van der Waals surface area contributed by atoms with Crippen molar-refractivity contribution in [2.24, 2.45) is 0 Å². The highest BCUT2D eigenvalue weighted by Gasteiger charge is 2.25. The molecule has 5 heteroatoms.